The molecule has 0 saturated heterocycles. The van der Waals surface area contributed by atoms with Crippen molar-refractivity contribution < 1.29 is 34.8 Å². The highest BCUT2D eigenvalue weighted by Crippen LogP contribution is 2.41. The summed E-state index contributed by atoms with van der Waals surface area (Å²) in [5.74, 6) is 0. The highest BCUT2D eigenvalue weighted by Gasteiger charge is 2.49. The first-order chi connectivity index (χ1) is 15.0. The monoisotopic (exact) mass is 529 g/mol. The molecule has 0 saturated carbocycles. The van der Waals surface area contributed by atoms with Crippen molar-refractivity contribution in [1.29, 1.82) is 0 Å². The zero-order valence-corrected chi connectivity index (χ0v) is 19.1. The van der Waals surface area contributed by atoms with Crippen LogP contribution in [0.2, 0.25) is 5.02 Å². The van der Waals surface area contributed by atoms with Crippen LogP contribution >= 0.6 is 22.9 Å². The topological polar surface area (TPSA) is 72.0 Å². The van der Waals surface area contributed by atoms with Crippen LogP contribution in [0.5, 0.6) is 0 Å². The molecule has 2 heterocycles. The fourth-order valence-electron chi connectivity index (χ4n) is 2.58. The molecule has 3 rings (SSSR count). The van der Waals surface area contributed by atoms with Crippen molar-refractivity contribution in [2.45, 2.75) is 30.9 Å². The number of nitrogens with one attached hydrogen (secondary N) is 1. The number of hydrogen-bond acceptors (Lipinski definition) is 5. The fraction of sp³-hybridized carbons (Fsp3) is 0.263. The average molecular weight is 530 g/mol. The number of aromatic nitrogens is 2. The van der Waals surface area contributed by atoms with Gasteiger partial charge in [-0.15, -0.1) is 11.3 Å². The SMILES string of the molecule is CC(C)(c1cc(-c2nc(-c3ccc(NS(=O)(=O)C(F)(F)F)cc3Cl)cs2)ccn1)C(F)(F)F. The minimum absolute atomic E-state index is 0.0807. The van der Waals surface area contributed by atoms with Crippen molar-refractivity contribution in [3.8, 4) is 21.8 Å². The van der Waals surface area contributed by atoms with Crippen LogP contribution in [0.3, 0.4) is 0 Å². The normalized spacial score (nSPS) is 13.2. The van der Waals surface area contributed by atoms with E-state index in [1.165, 1.54) is 29.1 Å². The molecular formula is C19H14ClF6N3O2S2. The van der Waals surface area contributed by atoms with Crippen molar-refractivity contribution in [3.05, 3.63) is 52.6 Å². The molecule has 3 aromatic rings. The molecule has 1 aromatic carbocycles. The maximum absolute atomic E-state index is 13.4. The molecular weight excluding hydrogens is 516 g/mol. The Kier molecular flexibility index (Phi) is 6.46. The lowest BCUT2D eigenvalue weighted by Gasteiger charge is -2.27. The van der Waals surface area contributed by atoms with Crippen LogP contribution in [0, 0.1) is 0 Å². The minimum Gasteiger partial charge on any atom is -0.276 e. The Morgan fingerprint density at radius 3 is 2.27 bits per heavy atom. The number of nitrogens with zero attached hydrogens (tertiary/aromatic N) is 2. The summed E-state index contributed by atoms with van der Waals surface area (Å²) >= 11 is 7.22. The summed E-state index contributed by atoms with van der Waals surface area (Å²) in [5.41, 5.74) is -7.29. The quantitative estimate of drug-likeness (QED) is 0.377. The van der Waals surface area contributed by atoms with E-state index in [-0.39, 0.29) is 10.7 Å². The van der Waals surface area contributed by atoms with Gasteiger partial charge in [0.15, 0.2) is 0 Å². The second kappa shape index (κ2) is 8.44. The molecule has 178 valence electrons. The van der Waals surface area contributed by atoms with E-state index >= 15 is 0 Å². The largest absolute Gasteiger partial charge is 0.516 e. The summed E-state index contributed by atoms with van der Waals surface area (Å²) < 4.78 is 102. The summed E-state index contributed by atoms with van der Waals surface area (Å²) in [6, 6.07) is 6.14. The average Bonchev–Trinajstić information content (AvgIpc) is 3.16. The van der Waals surface area contributed by atoms with Crippen LogP contribution < -0.4 is 4.72 Å². The van der Waals surface area contributed by atoms with Gasteiger partial charge in [0.05, 0.1) is 22.1 Å². The van der Waals surface area contributed by atoms with Crippen LogP contribution in [0.4, 0.5) is 32.0 Å². The number of rotatable bonds is 5. The molecule has 0 unspecified atom stereocenters. The Labute approximate surface area is 193 Å². The zero-order valence-electron chi connectivity index (χ0n) is 16.7. The molecule has 0 aliphatic heterocycles. The molecule has 0 atom stereocenters. The van der Waals surface area contributed by atoms with E-state index in [9.17, 15) is 34.8 Å². The Morgan fingerprint density at radius 2 is 1.70 bits per heavy atom. The number of alkyl halides is 6. The molecule has 0 bridgehead atoms. The van der Waals surface area contributed by atoms with Gasteiger partial charge in [0, 0.05) is 22.7 Å². The Balaban J connectivity index is 1.91. The number of halogens is 7. The van der Waals surface area contributed by atoms with Crippen molar-refractivity contribution in [2.75, 3.05) is 4.72 Å². The van der Waals surface area contributed by atoms with Gasteiger partial charge in [0.1, 0.15) is 10.4 Å². The second-order valence-corrected chi connectivity index (χ2v) is 10.3. The summed E-state index contributed by atoms with van der Waals surface area (Å²) in [6.07, 6.45) is -3.27. The number of sulfonamides is 1. The highest BCUT2D eigenvalue weighted by atomic mass is 35.5. The first-order valence-corrected chi connectivity index (χ1v) is 11.7. The van der Waals surface area contributed by atoms with Crippen molar-refractivity contribution >= 4 is 38.6 Å². The maximum atomic E-state index is 13.4. The summed E-state index contributed by atoms with van der Waals surface area (Å²) in [5, 5.41) is 1.85. The van der Waals surface area contributed by atoms with Crippen LogP contribution in [0.15, 0.2) is 41.9 Å². The van der Waals surface area contributed by atoms with Crippen molar-refractivity contribution in [2.24, 2.45) is 0 Å². The Morgan fingerprint density at radius 1 is 1.03 bits per heavy atom. The molecule has 0 aliphatic carbocycles. The number of benzene rings is 1. The van der Waals surface area contributed by atoms with Gasteiger partial charge in [-0.25, -0.2) is 4.98 Å². The smallest absolute Gasteiger partial charge is 0.276 e. The van der Waals surface area contributed by atoms with E-state index in [4.69, 9.17) is 11.6 Å². The summed E-state index contributed by atoms with van der Waals surface area (Å²) in [7, 11) is -5.61. The molecule has 0 radical (unpaired) electrons. The van der Waals surface area contributed by atoms with Gasteiger partial charge < -0.3 is 0 Å². The summed E-state index contributed by atoms with van der Waals surface area (Å²) in [6.45, 7) is 2.03. The molecule has 0 fully saturated rings. The van der Waals surface area contributed by atoms with Crippen LogP contribution in [0.1, 0.15) is 19.5 Å². The van der Waals surface area contributed by atoms with E-state index in [1.54, 1.807) is 5.38 Å². The lowest BCUT2D eigenvalue weighted by molar-refractivity contribution is -0.181. The maximum Gasteiger partial charge on any atom is 0.516 e. The zero-order chi connectivity index (χ0) is 24.8. The minimum atomic E-state index is -5.61. The summed E-state index contributed by atoms with van der Waals surface area (Å²) in [4.78, 5) is 8.18. The lowest BCUT2D eigenvalue weighted by Crippen LogP contribution is -2.37. The van der Waals surface area contributed by atoms with Crippen LogP contribution in [-0.4, -0.2) is 30.1 Å². The molecule has 0 aliphatic rings. The van der Waals surface area contributed by atoms with Gasteiger partial charge >= 0.3 is 21.7 Å². The standard InChI is InChI=1S/C19H14ClF6N3O2S2/c1-17(2,18(21,22)23)15-7-10(5-6-27-15)16-28-14(9-32-16)12-4-3-11(8-13(12)20)29-33(30,31)19(24,25)26/h3-9,29H,1-2H3. The fourth-order valence-corrected chi connectivity index (χ4v) is 4.23. The molecule has 14 heteroatoms. The van der Waals surface area contributed by atoms with Crippen molar-refractivity contribution in [1.82, 2.24) is 9.97 Å². The molecule has 5 nitrogen and oxygen atoms in total. The third kappa shape index (κ3) is 5.09. The Bertz CT molecular complexity index is 1290. The molecule has 0 spiro atoms. The molecule has 1 N–H and O–H groups in total. The van der Waals surface area contributed by atoms with E-state index in [1.807, 2.05) is 0 Å². The third-order valence-electron chi connectivity index (χ3n) is 4.66. The molecule has 33 heavy (non-hydrogen) atoms. The van der Waals surface area contributed by atoms with Gasteiger partial charge in [0.25, 0.3) is 0 Å². The van der Waals surface area contributed by atoms with Gasteiger partial charge in [-0.2, -0.15) is 34.8 Å². The van der Waals surface area contributed by atoms with Crippen LogP contribution in [-0.2, 0) is 15.4 Å². The first kappa shape index (κ1) is 25.2. The van der Waals surface area contributed by atoms with Crippen LogP contribution in [0.25, 0.3) is 21.8 Å². The van der Waals surface area contributed by atoms with E-state index in [0.717, 1.165) is 37.3 Å². The number of pyridine rings is 1. The van der Waals surface area contributed by atoms with E-state index < -0.39 is 32.8 Å². The number of hydrogen-bond donors (Lipinski definition) is 1. The lowest BCUT2D eigenvalue weighted by atomic mass is 9.87. The first-order valence-electron chi connectivity index (χ1n) is 8.91. The molecule has 0 amide bonds. The van der Waals surface area contributed by atoms with Gasteiger partial charge in [0.2, 0.25) is 0 Å². The Hall–Kier alpha value is -2.38. The van der Waals surface area contributed by atoms with E-state index in [0.29, 0.717) is 21.8 Å². The number of anilines is 1. The van der Waals surface area contributed by atoms with Gasteiger partial charge in [-0.3, -0.25) is 9.71 Å². The second-order valence-electron chi connectivity index (χ2n) is 7.34. The third-order valence-corrected chi connectivity index (χ3v) is 6.98. The predicted octanol–water partition coefficient (Wildman–Crippen LogP) is 6.63. The van der Waals surface area contributed by atoms with E-state index in [2.05, 4.69) is 9.97 Å². The highest BCUT2D eigenvalue weighted by molar-refractivity contribution is 7.93. The van der Waals surface area contributed by atoms with Crippen molar-refractivity contribution in [3.63, 3.8) is 0 Å². The van der Waals surface area contributed by atoms with Gasteiger partial charge in [-0.1, -0.05) is 11.6 Å². The van der Waals surface area contributed by atoms with Gasteiger partial charge in [-0.05, 0) is 44.2 Å². The predicted molar refractivity (Wildman–Crippen MR) is 113 cm³/mol. The number of thiazole rings is 1. The molecule has 2 aromatic heterocycles.